The molecule has 2 amide bonds. The van der Waals surface area contributed by atoms with Crippen LogP contribution < -0.4 is 16.4 Å². The molecule has 0 atom stereocenters. The number of hydrogen-bond donors (Lipinski definition) is 3. The van der Waals surface area contributed by atoms with Crippen LogP contribution >= 0.6 is 0 Å². The predicted octanol–water partition coefficient (Wildman–Crippen LogP) is 0.724. The molecule has 1 aromatic carbocycles. The molecule has 0 unspecified atom stereocenters. The summed E-state index contributed by atoms with van der Waals surface area (Å²) in [6.07, 6.45) is 1.04. The molecule has 1 rings (SSSR count). The van der Waals surface area contributed by atoms with Gasteiger partial charge in [0.2, 0.25) is 5.91 Å². The number of hydrogen-bond acceptors (Lipinski definition) is 3. The van der Waals surface area contributed by atoms with Crippen molar-refractivity contribution in [3.05, 3.63) is 29.8 Å². The lowest BCUT2D eigenvalue weighted by atomic mass is 10.2. The normalized spacial score (nSPS) is 9.71. The molecule has 0 aromatic heterocycles. The van der Waals surface area contributed by atoms with Crippen LogP contribution in [0, 0.1) is 0 Å². The first-order chi connectivity index (χ1) is 8.13. The minimum absolute atomic E-state index is 0.144. The van der Waals surface area contributed by atoms with Gasteiger partial charge in [-0.1, -0.05) is 6.92 Å². The van der Waals surface area contributed by atoms with Gasteiger partial charge in [0.25, 0.3) is 5.91 Å². The first-order valence-electron chi connectivity index (χ1n) is 5.54. The van der Waals surface area contributed by atoms with Crippen molar-refractivity contribution < 1.29 is 9.59 Å². The number of amides is 2. The molecule has 0 fully saturated rings. The van der Waals surface area contributed by atoms with Crippen LogP contribution in [0.2, 0.25) is 0 Å². The Labute approximate surface area is 100 Å². The monoisotopic (exact) mass is 235 g/mol. The number of benzene rings is 1. The third-order valence-corrected chi connectivity index (χ3v) is 2.15. The molecule has 5 heteroatoms. The van der Waals surface area contributed by atoms with Crippen LogP contribution in [0.15, 0.2) is 24.3 Å². The van der Waals surface area contributed by atoms with E-state index in [1.165, 1.54) is 0 Å². The van der Waals surface area contributed by atoms with E-state index in [1.807, 2.05) is 12.1 Å². The van der Waals surface area contributed by atoms with Crippen molar-refractivity contribution in [3.8, 4) is 0 Å². The quantitative estimate of drug-likeness (QED) is 0.679. The zero-order valence-corrected chi connectivity index (χ0v) is 9.82. The van der Waals surface area contributed by atoms with E-state index in [1.54, 1.807) is 12.1 Å². The van der Waals surface area contributed by atoms with Crippen molar-refractivity contribution in [2.45, 2.75) is 13.3 Å². The average molecular weight is 235 g/mol. The molecule has 0 aliphatic heterocycles. The highest BCUT2D eigenvalue weighted by atomic mass is 16.2. The molecular formula is C12H17N3O2. The number of rotatable bonds is 6. The van der Waals surface area contributed by atoms with E-state index in [-0.39, 0.29) is 12.5 Å². The molecule has 0 bridgehead atoms. The van der Waals surface area contributed by atoms with Gasteiger partial charge in [-0.3, -0.25) is 9.59 Å². The fourth-order valence-electron chi connectivity index (χ4n) is 1.28. The fraction of sp³-hybridized carbons (Fsp3) is 0.333. The minimum Gasteiger partial charge on any atom is -0.385 e. The van der Waals surface area contributed by atoms with Crippen molar-refractivity contribution in [1.82, 2.24) is 5.32 Å². The van der Waals surface area contributed by atoms with Gasteiger partial charge in [0, 0.05) is 17.8 Å². The largest absolute Gasteiger partial charge is 0.385 e. The second kappa shape index (κ2) is 6.52. The van der Waals surface area contributed by atoms with Crippen LogP contribution in [0.4, 0.5) is 5.69 Å². The minimum atomic E-state index is -0.556. The molecular weight excluding hydrogens is 218 g/mol. The lowest BCUT2D eigenvalue weighted by molar-refractivity contribution is -0.117. The molecule has 1 aromatic rings. The van der Waals surface area contributed by atoms with Crippen molar-refractivity contribution >= 4 is 17.5 Å². The maximum atomic E-state index is 11.5. The molecule has 0 spiro atoms. The smallest absolute Gasteiger partial charge is 0.251 e. The molecule has 4 N–H and O–H groups in total. The highest BCUT2D eigenvalue weighted by Gasteiger charge is 2.05. The van der Waals surface area contributed by atoms with E-state index in [9.17, 15) is 9.59 Å². The second-order valence-corrected chi connectivity index (χ2v) is 3.65. The first-order valence-corrected chi connectivity index (χ1v) is 5.54. The number of carbonyl (C=O) groups excluding carboxylic acids is 2. The highest BCUT2D eigenvalue weighted by Crippen LogP contribution is 2.09. The molecule has 0 saturated carbocycles. The van der Waals surface area contributed by atoms with Crippen LogP contribution in [-0.4, -0.2) is 24.9 Å². The third kappa shape index (κ3) is 4.55. The summed E-state index contributed by atoms with van der Waals surface area (Å²) >= 11 is 0. The fourth-order valence-corrected chi connectivity index (χ4v) is 1.28. The number of carbonyl (C=O) groups is 2. The van der Waals surface area contributed by atoms with Gasteiger partial charge in [-0.15, -0.1) is 0 Å². The highest BCUT2D eigenvalue weighted by molar-refractivity contribution is 5.96. The molecule has 92 valence electrons. The van der Waals surface area contributed by atoms with Gasteiger partial charge < -0.3 is 16.4 Å². The average Bonchev–Trinajstić information content (AvgIpc) is 2.34. The Morgan fingerprint density at radius 3 is 2.41 bits per heavy atom. The Morgan fingerprint density at radius 2 is 1.88 bits per heavy atom. The second-order valence-electron chi connectivity index (χ2n) is 3.65. The molecule has 0 radical (unpaired) electrons. The Balaban J connectivity index is 2.54. The van der Waals surface area contributed by atoms with E-state index in [4.69, 9.17) is 5.73 Å². The summed E-state index contributed by atoms with van der Waals surface area (Å²) in [6, 6.07) is 7.06. The van der Waals surface area contributed by atoms with Crippen LogP contribution in [0.5, 0.6) is 0 Å². The van der Waals surface area contributed by atoms with Gasteiger partial charge >= 0.3 is 0 Å². The Kier molecular flexibility index (Phi) is 5.00. The first kappa shape index (κ1) is 13.0. The van der Waals surface area contributed by atoms with Gasteiger partial charge in [-0.05, 0) is 30.7 Å². The lowest BCUT2D eigenvalue weighted by Gasteiger charge is -2.06. The maximum Gasteiger partial charge on any atom is 0.251 e. The van der Waals surface area contributed by atoms with Gasteiger partial charge in [-0.2, -0.15) is 0 Å². The predicted molar refractivity (Wildman–Crippen MR) is 66.8 cm³/mol. The zero-order valence-electron chi connectivity index (χ0n) is 9.82. The van der Waals surface area contributed by atoms with Gasteiger partial charge in [0.05, 0.1) is 6.54 Å². The van der Waals surface area contributed by atoms with Crippen molar-refractivity contribution in [3.63, 3.8) is 0 Å². The summed E-state index contributed by atoms with van der Waals surface area (Å²) in [5, 5.41) is 5.63. The summed E-state index contributed by atoms with van der Waals surface area (Å²) in [5.41, 5.74) is 6.41. The van der Waals surface area contributed by atoms with Crippen LogP contribution in [-0.2, 0) is 4.79 Å². The van der Waals surface area contributed by atoms with Crippen molar-refractivity contribution in [1.29, 1.82) is 0 Å². The molecule has 17 heavy (non-hydrogen) atoms. The summed E-state index contributed by atoms with van der Waals surface area (Å²) in [4.78, 5) is 22.0. The number of nitrogens with one attached hydrogen (secondary N) is 2. The van der Waals surface area contributed by atoms with Crippen LogP contribution in [0.1, 0.15) is 23.7 Å². The Morgan fingerprint density at radius 1 is 1.24 bits per heavy atom. The lowest BCUT2D eigenvalue weighted by Crippen LogP contribution is -2.33. The molecule has 0 aliphatic rings. The molecule has 0 saturated heterocycles. The van der Waals surface area contributed by atoms with Crippen molar-refractivity contribution in [2.75, 3.05) is 18.4 Å². The third-order valence-electron chi connectivity index (χ3n) is 2.15. The number of primary amides is 1. The van der Waals surface area contributed by atoms with E-state index in [0.717, 1.165) is 18.7 Å². The van der Waals surface area contributed by atoms with Crippen molar-refractivity contribution in [2.24, 2.45) is 5.73 Å². The topological polar surface area (TPSA) is 84.2 Å². The van der Waals surface area contributed by atoms with E-state index < -0.39 is 5.91 Å². The van der Waals surface area contributed by atoms with Crippen LogP contribution in [0.25, 0.3) is 0 Å². The standard InChI is InChI=1S/C12H17N3O2/c1-2-7-14-10-5-3-9(4-6-10)12(17)15-8-11(13)16/h3-6,14H,2,7-8H2,1H3,(H2,13,16)(H,15,17). The zero-order chi connectivity index (χ0) is 12.7. The summed E-state index contributed by atoms with van der Waals surface area (Å²) < 4.78 is 0. The van der Waals surface area contributed by atoms with Crippen LogP contribution in [0.3, 0.4) is 0 Å². The summed E-state index contributed by atoms with van der Waals surface area (Å²) in [6.45, 7) is 2.83. The van der Waals surface area contributed by atoms with Gasteiger partial charge in [0.1, 0.15) is 0 Å². The Bertz CT molecular complexity index is 387. The van der Waals surface area contributed by atoms with E-state index >= 15 is 0 Å². The maximum absolute atomic E-state index is 11.5. The SMILES string of the molecule is CCCNc1ccc(C(=O)NCC(N)=O)cc1. The van der Waals surface area contributed by atoms with Gasteiger partial charge in [-0.25, -0.2) is 0 Å². The van der Waals surface area contributed by atoms with E-state index in [2.05, 4.69) is 17.6 Å². The summed E-state index contributed by atoms with van der Waals surface area (Å²) in [5.74, 6) is -0.856. The molecule has 0 aliphatic carbocycles. The number of nitrogens with two attached hydrogens (primary N) is 1. The van der Waals surface area contributed by atoms with Gasteiger partial charge in [0.15, 0.2) is 0 Å². The van der Waals surface area contributed by atoms with E-state index in [0.29, 0.717) is 5.56 Å². The number of anilines is 1. The molecule has 5 nitrogen and oxygen atoms in total. The summed E-state index contributed by atoms with van der Waals surface area (Å²) in [7, 11) is 0. The Hall–Kier alpha value is -2.04. The molecule has 0 heterocycles.